The Bertz CT molecular complexity index is 2020. The van der Waals surface area contributed by atoms with E-state index in [1.807, 2.05) is 105 Å². The highest BCUT2D eigenvalue weighted by molar-refractivity contribution is 6.13. The summed E-state index contributed by atoms with van der Waals surface area (Å²) in [5.41, 5.74) is 5.38. The number of benzene rings is 4. The van der Waals surface area contributed by atoms with Crippen LogP contribution in [0.2, 0.25) is 0 Å². The van der Waals surface area contributed by atoms with Crippen molar-refractivity contribution in [2.45, 2.75) is 44.4 Å². The van der Waals surface area contributed by atoms with Crippen LogP contribution in [0.15, 0.2) is 103 Å². The number of nitrogens with one attached hydrogen (secondary N) is 1. The number of nitrogens with zero attached hydrogens (tertiary/aromatic N) is 2. The lowest BCUT2D eigenvalue weighted by Crippen LogP contribution is -2.53. The minimum absolute atomic E-state index is 0.0167. The third kappa shape index (κ3) is 4.14. The number of carbonyl (C=O) groups is 4. The maximum Gasteiger partial charge on any atom is 0.260 e. The van der Waals surface area contributed by atoms with Crippen LogP contribution in [0.5, 0.6) is 5.75 Å². The molecule has 48 heavy (non-hydrogen) atoms. The Labute approximate surface area is 279 Å². The third-order valence-corrected chi connectivity index (χ3v) is 11.2. The Morgan fingerprint density at radius 2 is 1.56 bits per heavy atom. The molecule has 4 amide bonds. The van der Waals surface area contributed by atoms with Crippen molar-refractivity contribution >= 4 is 40.1 Å². The van der Waals surface area contributed by atoms with Crippen molar-refractivity contribution in [2.24, 2.45) is 23.7 Å². The second-order valence-electron chi connectivity index (χ2n) is 13.6. The number of fused-ring (bicyclic) bond motifs is 5. The predicted octanol–water partition coefficient (Wildman–Crippen LogP) is 6.25. The number of phenols is 1. The molecule has 1 saturated carbocycles. The summed E-state index contributed by atoms with van der Waals surface area (Å²) < 4.78 is 0. The Kier molecular flexibility index (Phi) is 7.02. The van der Waals surface area contributed by atoms with Crippen molar-refractivity contribution in [2.75, 3.05) is 12.0 Å². The summed E-state index contributed by atoms with van der Waals surface area (Å²) in [5, 5.41) is 14.6. The molecule has 0 aromatic heterocycles. The van der Waals surface area contributed by atoms with Gasteiger partial charge in [0.25, 0.3) is 11.8 Å². The molecule has 8 rings (SSSR count). The van der Waals surface area contributed by atoms with Gasteiger partial charge in [-0.2, -0.15) is 5.01 Å². The highest BCUT2D eigenvalue weighted by Gasteiger charge is 2.70. The normalized spacial score (nSPS) is 28.0. The summed E-state index contributed by atoms with van der Waals surface area (Å²) in [7, 11) is 0. The molecule has 2 heterocycles. The molecule has 4 aromatic carbocycles. The van der Waals surface area contributed by atoms with Crippen molar-refractivity contribution in [1.29, 1.82) is 0 Å². The van der Waals surface area contributed by atoms with Gasteiger partial charge in [-0.15, -0.1) is 0 Å². The first-order valence-electron chi connectivity index (χ1n) is 16.8. The topological polar surface area (TPSA) is 107 Å². The molecule has 8 heteroatoms. The first-order valence-corrected chi connectivity index (χ1v) is 16.8. The highest BCUT2D eigenvalue weighted by atomic mass is 16.3. The van der Waals surface area contributed by atoms with E-state index in [0.29, 0.717) is 36.2 Å². The maximum absolute atomic E-state index is 15.3. The van der Waals surface area contributed by atoms with Gasteiger partial charge in [-0.25, -0.2) is 0 Å². The molecule has 4 aliphatic rings. The second kappa shape index (κ2) is 11.2. The minimum Gasteiger partial charge on any atom is -0.508 e. The fourth-order valence-corrected chi connectivity index (χ4v) is 9.16. The predicted molar refractivity (Wildman–Crippen MR) is 181 cm³/mol. The zero-order valence-electron chi connectivity index (χ0n) is 26.9. The molecule has 0 radical (unpaired) electrons. The molecule has 0 spiro atoms. The Hall–Kier alpha value is -5.24. The van der Waals surface area contributed by atoms with Crippen LogP contribution in [-0.4, -0.2) is 45.2 Å². The van der Waals surface area contributed by atoms with E-state index in [-0.39, 0.29) is 24.0 Å². The van der Waals surface area contributed by atoms with Crippen LogP contribution in [0.3, 0.4) is 0 Å². The molecule has 2 aliphatic heterocycles. The molecular formula is C40H37N3O5. The van der Waals surface area contributed by atoms with Gasteiger partial charge in [0.1, 0.15) is 5.75 Å². The smallest absolute Gasteiger partial charge is 0.260 e. The van der Waals surface area contributed by atoms with Crippen molar-refractivity contribution in [3.05, 3.63) is 119 Å². The average molecular weight is 640 g/mol. The van der Waals surface area contributed by atoms with Gasteiger partial charge >= 0.3 is 0 Å². The first-order chi connectivity index (χ1) is 23.3. The summed E-state index contributed by atoms with van der Waals surface area (Å²) in [6.07, 6.45) is 3.26. The number of amides is 4. The number of carbonyl (C=O) groups excluding carboxylic acids is 4. The molecule has 2 N–H and O–H groups in total. The van der Waals surface area contributed by atoms with E-state index in [4.69, 9.17) is 0 Å². The van der Waals surface area contributed by atoms with Crippen LogP contribution in [0.4, 0.5) is 5.69 Å². The zero-order valence-corrected chi connectivity index (χ0v) is 26.9. The van der Waals surface area contributed by atoms with Gasteiger partial charge in [0.2, 0.25) is 11.8 Å². The number of imide groups is 2. The molecule has 242 valence electrons. The number of hydrazine groups is 1. The van der Waals surface area contributed by atoms with E-state index in [9.17, 15) is 19.5 Å². The number of aryl methyl sites for hydroxylation is 1. The SMILES string of the molecule is CCCN1C(=O)C2CC=C3C(CC4C(=O)N(Nc5ccc(C)cc5)C(=O)C4(c4ccccc4)C3c3c(O)ccc4ccccc34)C2C1=O. The molecule has 2 saturated heterocycles. The third-order valence-electron chi connectivity index (χ3n) is 11.2. The largest absolute Gasteiger partial charge is 0.508 e. The van der Waals surface area contributed by atoms with Crippen LogP contribution in [0.25, 0.3) is 10.8 Å². The molecule has 4 aromatic rings. The van der Waals surface area contributed by atoms with Crippen LogP contribution < -0.4 is 5.43 Å². The lowest BCUT2D eigenvalue weighted by molar-refractivity contribution is -0.141. The quantitative estimate of drug-likeness (QED) is 0.191. The lowest BCUT2D eigenvalue weighted by Gasteiger charge is -2.51. The van der Waals surface area contributed by atoms with Crippen molar-refractivity contribution in [1.82, 2.24) is 9.91 Å². The van der Waals surface area contributed by atoms with Crippen LogP contribution in [0, 0.1) is 30.6 Å². The lowest BCUT2D eigenvalue weighted by atomic mass is 9.48. The van der Waals surface area contributed by atoms with Gasteiger partial charge in [-0.05, 0) is 66.6 Å². The molecule has 8 nitrogen and oxygen atoms in total. The van der Waals surface area contributed by atoms with Crippen molar-refractivity contribution in [3.8, 4) is 5.75 Å². The number of hydrogen-bond acceptors (Lipinski definition) is 6. The van der Waals surface area contributed by atoms with Gasteiger partial charge in [-0.3, -0.25) is 29.5 Å². The number of aromatic hydroxyl groups is 1. The fourth-order valence-electron chi connectivity index (χ4n) is 9.16. The maximum atomic E-state index is 15.3. The van der Waals surface area contributed by atoms with Gasteiger partial charge in [0.05, 0.1) is 28.9 Å². The number of anilines is 1. The van der Waals surface area contributed by atoms with E-state index < -0.39 is 46.8 Å². The highest BCUT2D eigenvalue weighted by Crippen LogP contribution is 2.65. The number of phenolic OH excluding ortho intramolecular Hbond substituents is 1. The van der Waals surface area contributed by atoms with Crippen molar-refractivity contribution in [3.63, 3.8) is 0 Å². The van der Waals surface area contributed by atoms with Gasteiger partial charge in [0, 0.05) is 18.0 Å². The minimum atomic E-state index is -1.44. The summed E-state index contributed by atoms with van der Waals surface area (Å²) in [5.74, 6) is -4.45. The number of likely N-dealkylation sites (tertiary alicyclic amines) is 1. The molecular weight excluding hydrogens is 602 g/mol. The number of hydrogen-bond donors (Lipinski definition) is 2. The van der Waals surface area contributed by atoms with E-state index in [2.05, 4.69) is 5.43 Å². The van der Waals surface area contributed by atoms with E-state index in [1.165, 1.54) is 4.90 Å². The van der Waals surface area contributed by atoms with Crippen LogP contribution >= 0.6 is 0 Å². The Balaban J connectivity index is 1.40. The van der Waals surface area contributed by atoms with Crippen LogP contribution in [0.1, 0.15) is 48.8 Å². The molecule has 2 aliphatic carbocycles. The second-order valence-corrected chi connectivity index (χ2v) is 13.6. The average Bonchev–Trinajstić information content (AvgIpc) is 3.47. The van der Waals surface area contributed by atoms with Crippen LogP contribution in [-0.2, 0) is 24.6 Å². The Morgan fingerprint density at radius 3 is 2.31 bits per heavy atom. The summed E-state index contributed by atoms with van der Waals surface area (Å²) in [6.45, 7) is 4.26. The van der Waals surface area contributed by atoms with Gasteiger partial charge in [0.15, 0.2) is 0 Å². The number of allylic oxidation sites excluding steroid dienone is 2. The molecule has 0 bridgehead atoms. The Morgan fingerprint density at radius 1 is 0.833 bits per heavy atom. The molecule has 6 atom stereocenters. The fraction of sp³-hybridized carbons (Fsp3) is 0.300. The van der Waals surface area contributed by atoms with Gasteiger partial charge in [-0.1, -0.05) is 96.9 Å². The summed E-state index contributed by atoms with van der Waals surface area (Å²) in [4.78, 5) is 59.2. The van der Waals surface area contributed by atoms with Gasteiger partial charge < -0.3 is 5.11 Å². The van der Waals surface area contributed by atoms with Crippen molar-refractivity contribution < 1.29 is 24.3 Å². The van der Waals surface area contributed by atoms with E-state index >= 15 is 4.79 Å². The summed E-state index contributed by atoms with van der Waals surface area (Å²) >= 11 is 0. The first kappa shape index (κ1) is 30.1. The number of rotatable bonds is 6. The molecule has 3 fully saturated rings. The zero-order chi connectivity index (χ0) is 33.3. The monoisotopic (exact) mass is 639 g/mol. The van der Waals surface area contributed by atoms with E-state index in [1.54, 1.807) is 6.07 Å². The standard InChI is InChI=1S/C40H37N3O5/c1-3-21-42-36(45)29-19-18-28-30(33(29)38(42)47)22-31-37(46)43(41-26-16-13-23(2)14-17-26)39(48)40(31,25-10-5-4-6-11-25)35(28)34-27-12-8-7-9-24(27)15-20-32(34)44/h4-18,20,29-31,33,35,41,44H,3,19,21-22H2,1-2H3. The molecule has 6 unspecified atom stereocenters. The summed E-state index contributed by atoms with van der Waals surface area (Å²) in [6, 6.07) is 28.1. The van der Waals surface area contributed by atoms with E-state index in [0.717, 1.165) is 26.9 Å².